The fourth-order valence-electron chi connectivity index (χ4n) is 1.30. The minimum Gasteiger partial charge on any atom is -0.411 e. The van der Waals surface area contributed by atoms with E-state index in [1.54, 1.807) is 0 Å². The Morgan fingerprint density at radius 3 is 2.67 bits per heavy atom. The number of aliphatic imine (C=N–C) groups is 1. The van der Waals surface area contributed by atoms with Crippen LogP contribution < -0.4 is 5.73 Å². The SMILES string of the molecule is CC(C)c1ccccc1N=C(N)C=NO. The van der Waals surface area contributed by atoms with Gasteiger partial charge in [-0.05, 0) is 17.5 Å². The van der Waals surface area contributed by atoms with E-state index in [1.807, 2.05) is 24.3 Å². The summed E-state index contributed by atoms with van der Waals surface area (Å²) in [6.45, 7) is 4.18. The molecule has 0 spiro atoms. The molecule has 0 unspecified atom stereocenters. The molecule has 0 aliphatic rings. The molecule has 0 aromatic heterocycles. The Morgan fingerprint density at radius 2 is 2.07 bits per heavy atom. The maximum atomic E-state index is 8.30. The van der Waals surface area contributed by atoms with Gasteiger partial charge in [0.15, 0.2) is 0 Å². The van der Waals surface area contributed by atoms with Crippen LogP contribution >= 0.6 is 0 Å². The summed E-state index contributed by atoms with van der Waals surface area (Å²) in [5, 5.41) is 11.1. The van der Waals surface area contributed by atoms with Crippen molar-refractivity contribution >= 4 is 17.7 Å². The molecule has 4 heteroatoms. The lowest BCUT2D eigenvalue weighted by atomic mass is 10.0. The highest BCUT2D eigenvalue weighted by molar-refractivity contribution is 6.29. The Labute approximate surface area is 89.1 Å². The van der Waals surface area contributed by atoms with E-state index < -0.39 is 0 Å². The molecule has 15 heavy (non-hydrogen) atoms. The fraction of sp³-hybridized carbons (Fsp3) is 0.273. The van der Waals surface area contributed by atoms with E-state index in [0.717, 1.165) is 17.5 Å². The molecule has 0 bridgehead atoms. The number of nitrogens with two attached hydrogens (primary N) is 1. The molecule has 0 saturated carbocycles. The average Bonchev–Trinajstić information content (AvgIpc) is 2.18. The first-order valence-electron chi connectivity index (χ1n) is 4.75. The normalized spacial score (nSPS) is 12.6. The topological polar surface area (TPSA) is 71.0 Å². The molecule has 0 saturated heterocycles. The molecule has 0 aliphatic carbocycles. The van der Waals surface area contributed by atoms with Crippen molar-refractivity contribution in [2.75, 3.05) is 0 Å². The van der Waals surface area contributed by atoms with Crippen molar-refractivity contribution in [2.24, 2.45) is 15.9 Å². The molecule has 0 atom stereocenters. The summed E-state index contributed by atoms with van der Waals surface area (Å²) in [5.41, 5.74) is 7.45. The fourth-order valence-corrected chi connectivity index (χ4v) is 1.30. The molecule has 3 N–H and O–H groups in total. The number of amidine groups is 1. The Kier molecular flexibility index (Phi) is 3.85. The van der Waals surface area contributed by atoms with Crippen LogP contribution in [0, 0.1) is 0 Å². The van der Waals surface area contributed by atoms with E-state index in [0.29, 0.717) is 5.92 Å². The molecule has 1 aromatic carbocycles. The highest BCUT2D eigenvalue weighted by Gasteiger charge is 2.04. The second-order valence-corrected chi connectivity index (χ2v) is 3.49. The number of hydrogen-bond donors (Lipinski definition) is 2. The van der Waals surface area contributed by atoms with E-state index in [-0.39, 0.29) is 5.84 Å². The van der Waals surface area contributed by atoms with Crippen molar-refractivity contribution in [2.45, 2.75) is 19.8 Å². The second kappa shape index (κ2) is 5.14. The molecule has 0 radical (unpaired) electrons. The standard InChI is InChI=1S/C11H15N3O/c1-8(2)9-5-3-4-6-10(9)14-11(12)7-13-15/h3-8,15H,1-2H3,(H2,12,14). The van der Waals surface area contributed by atoms with Crippen molar-refractivity contribution in [3.63, 3.8) is 0 Å². The van der Waals surface area contributed by atoms with Crippen LogP contribution in [0.2, 0.25) is 0 Å². The molecule has 1 aromatic rings. The highest BCUT2D eigenvalue weighted by atomic mass is 16.4. The summed E-state index contributed by atoms with van der Waals surface area (Å²) < 4.78 is 0. The van der Waals surface area contributed by atoms with E-state index in [1.165, 1.54) is 0 Å². The molecular weight excluding hydrogens is 190 g/mol. The molecule has 1 rings (SSSR count). The van der Waals surface area contributed by atoms with Gasteiger partial charge < -0.3 is 10.9 Å². The zero-order valence-corrected chi connectivity index (χ0v) is 8.88. The summed E-state index contributed by atoms with van der Waals surface area (Å²) in [6, 6.07) is 7.75. The largest absolute Gasteiger partial charge is 0.411 e. The van der Waals surface area contributed by atoms with Gasteiger partial charge in [-0.1, -0.05) is 37.2 Å². The van der Waals surface area contributed by atoms with Gasteiger partial charge in [0, 0.05) is 0 Å². The Bertz CT molecular complexity index is 383. The van der Waals surface area contributed by atoms with Crippen molar-refractivity contribution in [1.29, 1.82) is 0 Å². The lowest BCUT2D eigenvalue weighted by molar-refractivity contribution is 0.322. The molecule has 4 nitrogen and oxygen atoms in total. The van der Waals surface area contributed by atoms with Crippen molar-refractivity contribution in [3.8, 4) is 0 Å². The third-order valence-electron chi connectivity index (χ3n) is 2.00. The number of oxime groups is 1. The molecule has 0 heterocycles. The van der Waals surface area contributed by atoms with Crippen LogP contribution in [0.5, 0.6) is 0 Å². The third-order valence-corrected chi connectivity index (χ3v) is 2.00. The zero-order valence-electron chi connectivity index (χ0n) is 8.88. The van der Waals surface area contributed by atoms with Gasteiger partial charge in [-0.3, -0.25) is 0 Å². The van der Waals surface area contributed by atoms with Crippen molar-refractivity contribution in [1.82, 2.24) is 0 Å². The van der Waals surface area contributed by atoms with Gasteiger partial charge in [0.1, 0.15) is 12.1 Å². The second-order valence-electron chi connectivity index (χ2n) is 3.49. The van der Waals surface area contributed by atoms with Gasteiger partial charge in [-0.2, -0.15) is 0 Å². The van der Waals surface area contributed by atoms with Crippen LogP contribution in [0.3, 0.4) is 0 Å². The first-order valence-corrected chi connectivity index (χ1v) is 4.75. The summed E-state index contributed by atoms with van der Waals surface area (Å²) in [6.07, 6.45) is 1.11. The van der Waals surface area contributed by atoms with Gasteiger partial charge >= 0.3 is 0 Å². The highest BCUT2D eigenvalue weighted by Crippen LogP contribution is 2.25. The minimum atomic E-state index is 0.186. The number of hydrogen-bond acceptors (Lipinski definition) is 3. The predicted molar refractivity (Wildman–Crippen MR) is 62.1 cm³/mol. The van der Waals surface area contributed by atoms with Gasteiger partial charge in [0.05, 0.1) is 5.69 Å². The van der Waals surface area contributed by atoms with Crippen LogP contribution in [-0.2, 0) is 0 Å². The maximum absolute atomic E-state index is 8.30. The van der Waals surface area contributed by atoms with Gasteiger partial charge in [-0.15, -0.1) is 0 Å². The number of para-hydroxylation sites is 1. The maximum Gasteiger partial charge on any atom is 0.145 e. The monoisotopic (exact) mass is 205 g/mol. The Morgan fingerprint density at radius 1 is 1.40 bits per heavy atom. The van der Waals surface area contributed by atoms with Gasteiger partial charge in [0.2, 0.25) is 0 Å². The first kappa shape index (κ1) is 11.2. The number of benzene rings is 1. The van der Waals surface area contributed by atoms with Gasteiger partial charge in [0.25, 0.3) is 0 Å². The lowest BCUT2D eigenvalue weighted by Gasteiger charge is -2.08. The summed E-state index contributed by atoms with van der Waals surface area (Å²) in [5.74, 6) is 0.564. The summed E-state index contributed by atoms with van der Waals surface area (Å²) in [7, 11) is 0. The minimum absolute atomic E-state index is 0.186. The number of nitrogens with zero attached hydrogens (tertiary/aromatic N) is 2. The van der Waals surface area contributed by atoms with E-state index >= 15 is 0 Å². The van der Waals surface area contributed by atoms with Crippen LogP contribution in [0.15, 0.2) is 34.4 Å². The quantitative estimate of drug-likeness (QED) is 0.344. The Balaban J connectivity index is 3.09. The van der Waals surface area contributed by atoms with Crippen molar-refractivity contribution < 1.29 is 5.21 Å². The predicted octanol–water partition coefficient (Wildman–Crippen LogP) is 2.26. The van der Waals surface area contributed by atoms with Crippen LogP contribution in [0.4, 0.5) is 5.69 Å². The third kappa shape index (κ3) is 3.09. The molecular formula is C11H15N3O. The number of rotatable bonds is 3. The van der Waals surface area contributed by atoms with Gasteiger partial charge in [-0.25, -0.2) is 4.99 Å². The van der Waals surface area contributed by atoms with Crippen LogP contribution in [0.25, 0.3) is 0 Å². The molecule has 0 fully saturated rings. The lowest BCUT2D eigenvalue weighted by Crippen LogP contribution is -2.12. The average molecular weight is 205 g/mol. The summed E-state index contributed by atoms with van der Waals surface area (Å²) >= 11 is 0. The molecule has 80 valence electrons. The molecule has 0 amide bonds. The van der Waals surface area contributed by atoms with E-state index in [4.69, 9.17) is 10.9 Å². The van der Waals surface area contributed by atoms with E-state index in [2.05, 4.69) is 24.0 Å². The van der Waals surface area contributed by atoms with E-state index in [9.17, 15) is 0 Å². The summed E-state index contributed by atoms with van der Waals surface area (Å²) in [4.78, 5) is 4.16. The smallest absolute Gasteiger partial charge is 0.145 e. The first-order chi connectivity index (χ1) is 7.15. The van der Waals surface area contributed by atoms with Crippen LogP contribution in [0.1, 0.15) is 25.3 Å². The Hall–Kier alpha value is -1.84. The molecule has 0 aliphatic heterocycles. The van der Waals surface area contributed by atoms with Crippen molar-refractivity contribution in [3.05, 3.63) is 29.8 Å². The zero-order chi connectivity index (χ0) is 11.3. The van der Waals surface area contributed by atoms with Crippen LogP contribution in [-0.4, -0.2) is 17.3 Å².